The van der Waals surface area contributed by atoms with Crippen LogP contribution in [0, 0.1) is 13.8 Å². The lowest BCUT2D eigenvalue weighted by molar-refractivity contribution is -0.139. The summed E-state index contributed by atoms with van der Waals surface area (Å²) in [6.45, 7) is 3.57. The fourth-order valence-corrected chi connectivity index (χ4v) is 3.49. The molecule has 6 nitrogen and oxygen atoms in total. The molecule has 1 fully saturated rings. The second kappa shape index (κ2) is 8.50. The number of benzene rings is 2. The molecule has 144 valence electrons. The van der Waals surface area contributed by atoms with Crippen molar-refractivity contribution < 1.29 is 19.4 Å². The number of thioether (sulfide) groups is 1. The maximum Gasteiger partial charge on any atom is 0.341 e. The standard InChI is InChI=1S/C20H17ClN2O4S/c1-11-3-5-14(7-12(11)2)22-20-23-19(26)17(28-20)9-13-4-6-16(15(21)8-13)27-10-18(24)25/h3-9H,10H2,1-2H3,(H,24,25)(H,22,23,26)/b17-9+. The van der Waals surface area contributed by atoms with Crippen LogP contribution in [0.5, 0.6) is 5.75 Å². The highest BCUT2D eigenvalue weighted by molar-refractivity contribution is 8.18. The molecule has 0 aromatic heterocycles. The maximum atomic E-state index is 12.2. The third kappa shape index (κ3) is 4.94. The Bertz CT molecular complexity index is 1020. The van der Waals surface area contributed by atoms with Gasteiger partial charge in [-0.1, -0.05) is 23.7 Å². The number of amidine groups is 1. The molecule has 3 rings (SSSR count). The van der Waals surface area contributed by atoms with Gasteiger partial charge in [0.1, 0.15) is 5.75 Å². The number of carboxylic acid groups (broad SMARTS) is 1. The van der Waals surface area contributed by atoms with Crippen LogP contribution in [0.3, 0.4) is 0 Å². The normalized spacial score (nSPS) is 16.5. The van der Waals surface area contributed by atoms with E-state index in [1.807, 2.05) is 32.0 Å². The van der Waals surface area contributed by atoms with Crippen LogP contribution in [0.2, 0.25) is 5.02 Å². The molecule has 2 aromatic rings. The van der Waals surface area contributed by atoms with Crippen molar-refractivity contribution in [2.75, 3.05) is 6.61 Å². The Morgan fingerprint density at radius 3 is 2.71 bits per heavy atom. The van der Waals surface area contributed by atoms with Crippen LogP contribution in [0.15, 0.2) is 46.3 Å². The summed E-state index contributed by atoms with van der Waals surface area (Å²) in [6.07, 6.45) is 1.69. The van der Waals surface area contributed by atoms with E-state index < -0.39 is 12.6 Å². The predicted octanol–water partition coefficient (Wildman–Crippen LogP) is 4.31. The van der Waals surface area contributed by atoms with E-state index in [4.69, 9.17) is 21.4 Å². The number of aliphatic imine (C=N–C) groups is 1. The third-order valence-corrected chi connectivity index (χ3v) is 5.18. The zero-order valence-corrected chi connectivity index (χ0v) is 16.7. The second-order valence-corrected chi connectivity index (χ2v) is 7.56. The number of hydrogen-bond donors (Lipinski definition) is 2. The third-order valence-electron chi connectivity index (χ3n) is 3.98. The van der Waals surface area contributed by atoms with E-state index in [1.54, 1.807) is 24.3 Å². The lowest BCUT2D eigenvalue weighted by Gasteiger charge is -2.06. The summed E-state index contributed by atoms with van der Waals surface area (Å²) in [7, 11) is 0. The van der Waals surface area contributed by atoms with Gasteiger partial charge in [-0.25, -0.2) is 9.79 Å². The van der Waals surface area contributed by atoms with Crippen molar-refractivity contribution in [1.29, 1.82) is 0 Å². The van der Waals surface area contributed by atoms with Gasteiger partial charge in [-0.3, -0.25) is 4.79 Å². The van der Waals surface area contributed by atoms with Crippen LogP contribution in [0.25, 0.3) is 6.08 Å². The number of amides is 1. The van der Waals surface area contributed by atoms with Crippen molar-refractivity contribution in [1.82, 2.24) is 5.32 Å². The minimum Gasteiger partial charge on any atom is -0.480 e. The molecule has 0 saturated carbocycles. The van der Waals surface area contributed by atoms with Gasteiger partial charge >= 0.3 is 5.97 Å². The number of carboxylic acids is 1. The summed E-state index contributed by atoms with van der Waals surface area (Å²) in [6, 6.07) is 10.7. The average molecular weight is 417 g/mol. The number of ether oxygens (including phenoxy) is 1. The Morgan fingerprint density at radius 1 is 1.25 bits per heavy atom. The Labute approximate surface area is 171 Å². The van der Waals surface area contributed by atoms with Crippen molar-refractivity contribution >= 4 is 52.2 Å². The Morgan fingerprint density at radius 2 is 2.04 bits per heavy atom. The molecule has 0 bridgehead atoms. The molecular weight excluding hydrogens is 400 g/mol. The molecule has 1 amide bonds. The fourth-order valence-electron chi connectivity index (χ4n) is 2.41. The van der Waals surface area contributed by atoms with E-state index in [1.165, 1.54) is 17.3 Å². The lowest BCUT2D eigenvalue weighted by atomic mass is 10.1. The number of nitrogens with one attached hydrogen (secondary N) is 1. The number of halogens is 1. The van der Waals surface area contributed by atoms with Crippen LogP contribution >= 0.6 is 23.4 Å². The van der Waals surface area contributed by atoms with Gasteiger partial charge in [-0.2, -0.15) is 0 Å². The molecule has 1 aliphatic heterocycles. The zero-order chi connectivity index (χ0) is 20.3. The maximum absolute atomic E-state index is 12.2. The highest BCUT2D eigenvalue weighted by Crippen LogP contribution is 2.31. The topological polar surface area (TPSA) is 88.0 Å². The number of carbonyl (C=O) groups is 2. The quantitative estimate of drug-likeness (QED) is 0.709. The first-order valence-corrected chi connectivity index (χ1v) is 9.52. The smallest absolute Gasteiger partial charge is 0.341 e. The fraction of sp³-hybridized carbons (Fsp3) is 0.150. The van der Waals surface area contributed by atoms with E-state index in [0.29, 0.717) is 15.6 Å². The number of rotatable bonds is 5. The Kier molecular flexibility index (Phi) is 6.06. The van der Waals surface area contributed by atoms with Gasteiger partial charge in [0.2, 0.25) is 0 Å². The van der Waals surface area contributed by atoms with Gasteiger partial charge < -0.3 is 15.2 Å². The van der Waals surface area contributed by atoms with E-state index in [0.717, 1.165) is 11.3 Å². The van der Waals surface area contributed by atoms with Gasteiger partial charge in [0.25, 0.3) is 5.91 Å². The van der Waals surface area contributed by atoms with Crippen molar-refractivity contribution in [3.63, 3.8) is 0 Å². The molecule has 1 saturated heterocycles. The zero-order valence-electron chi connectivity index (χ0n) is 15.2. The molecule has 2 N–H and O–H groups in total. The van der Waals surface area contributed by atoms with Gasteiger partial charge in [0.15, 0.2) is 11.8 Å². The van der Waals surface area contributed by atoms with Crippen molar-refractivity contribution in [2.45, 2.75) is 13.8 Å². The summed E-state index contributed by atoms with van der Waals surface area (Å²) < 4.78 is 5.09. The lowest BCUT2D eigenvalue weighted by Crippen LogP contribution is -2.19. The van der Waals surface area contributed by atoms with Gasteiger partial charge in [-0.05, 0) is 72.6 Å². The highest BCUT2D eigenvalue weighted by atomic mass is 35.5. The van der Waals surface area contributed by atoms with Crippen LogP contribution in [-0.4, -0.2) is 28.8 Å². The molecule has 2 aromatic carbocycles. The molecule has 8 heteroatoms. The molecule has 0 atom stereocenters. The van der Waals surface area contributed by atoms with Crippen LogP contribution in [-0.2, 0) is 9.59 Å². The van der Waals surface area contributed by atoms with Gasteiger partial charge in [0.05, 0.1) is 15.6 Å². The van der Waals surface area contributed by atoms with Crippen molar-refractivity contribution in [2.24, 2.45) is 4.99 Å². The van der Waals surface area contributed by atoms with Crippen molar-refractivity contribution in [3.8, 4) is 5.75 Å². The van der Waals surface area contributed by atoms with Gasteiger partial charge in [-0.15, -0.1) is 0 Å². The first-order chi connectivity index (χ1) is 13.3. The summed E-state index contributed by atoms with van der Waals surface area (Å²) in [5.74, 6) is -1.06. The SMILES string of the molecule is Cc1ccc(N=C2NC(=O)/C(=C\c3ccc(OCC(=O)O)c(Cl)c3)S2)cc1C. The molecule has 1 heterocycles. The second-order valence-electron chi connectivity index (χ2n) is 6.12. The number of nitrogens with zero attached hydrogens (tertiary/aromatic N) is 1. The molecule has 0 radical (unpaired) electrons. The molecule has 0 unspecified atom stereocenters. The molecule has 0 spiro atoms. The number of hydrogen-bond acceptors (Lipinski definition) is 5. The van der Waals surface area contributed by atoms with Crippen LogP contribution in [0.1, 0.15) is 16.7 Å². The monoisotopic (exact) mass is 416 g/mol. The number of carbonyl (C=O) groups excluding carboxylic acids is 1. The summed E-state index contributed by atoms with van der Waals surface area (Å²) >= 11 is 7.36. The Hall–Kier alpha value is -2.77. The predicted molar refractivity (Wildman–Crippen MR) is 111 cm³/mol. The number of aryl methyl sites for hydroxylation is 2. The van der Waals surface area contributed by atoms with Crippen LogP contribution < -0.4 is 10.1 Å². The summed E-state index contributed by atoms with van der Waals surface area (Å²) in [4.78, 5) is 27.8. The largest absolute Gasteiger partial charge is 0.480 e. The molecule has 0 aliphatic carbocycles. The van der Waals surface area contributed by atoms with E-state index in [9.17, 15) is 9.59 Å². The van der Waals surface area contributed by atoms with Gasteiger partial charge in [0, 0.05) is 0 Å². The minimum atomic E-state index is -1.09. The highest BCUT2D eigenvalue weighted by Gasteiger charge is 2.24. The Balaban J connectivity index is 1.76. The first-order valence-electron chi connectivity index (χ1n) is 8.33. The van der Waals surface area contributed by atoms with E-state index in [2.05, 4.69) is 10.3 Å². The first kappa shape index (κ1) is 20.0. The number of aliphatic carboxylic acids is 1. The van der Waals surface area contributed by atoms with Crippen molar-refractivity contribution in [3.05, 3.63) is 63.0 Å². The minimum absolute atomic E-state index is 0.241. The van der Waals surface area contributed by atoms with E-state index >= 15 is 0 Å². The summed E-state index contributed by atoms with van der Waals surface area (Å²) in [5.41, 5.74) is 3.78. The average Bonchev–Trinajstić information content (AvgIpc) is 2.96. The molecular formula is C20H17ClN2O4S. The molecule has 28 heavy (non-hydrogen) atoms. The van der Waals surface area contributed by atoms with Crippen LogP contribution in [0.4, 0.5) is 5.69 Å². The van der Waals surface area contributed by atoms with E-state index in [-0.39, 0.29) is 16.7 Å². The molecule has 1 aliphatic rings. The summed E-state index contributed by atoms with van der Waals surface area (Å²) in [5, 5.41) is 12.2.